The van der Waals surface area contributed by atoms with E-state index in [1.165, 1.54) is 26.2 Å². The summed E-state index contributed by atoms with van der Waals surface area (Å²) in [5.41, 5.74) is -0.508. The molecular weight excluding hydrogens is 428 g/mol. The minimum Gasteiger partial charge on any atom is -0.458 e. The van der Waals surface area contributed by atoms with Crippen LogP contribution in [0.4, 0.5) is 0 Å². The highest BCUT2D eigenvalue weighted by molar-refractivity contribution is 9.28. The predicted octanol–water partition coefficient (Wildman–Crippen LogP) is 5.67. The zero-order valence-electron chi connectivity index (χ0n) is 11.1. The number of ether oxygens (including phenoxy) is 1. The molecule has 0 aromatic rings. The lowest BCUT2D eigenvalue weighted by Gasteiger charge is -2.32. The predicted molar refractivity (Wildman–Crippen MR) is 87.6 cm³/mol. The van der Waals surface area contributed by atoms with Crippen LogP contribution in [0.15, 0.2) is 9.47 Å². The van der Waals surface area contributed by atoms with Crippen LogP contribution in [0.2, 0.25) is 0 Å². The van der Waals surface area contributed by atoms with Crippen LogP contribution in [0.5, 0.6) is 0 Å². The van der Waals surface area contributed by atoms with Gasteiger partial charge in [0.05, 0.1) is 8.22 Å². The summed E-state index contributed by atoms with van der Waals surface area (Å²) in [6.07, 6.45) is 7.46. The Morgan fingerprint density at radius 3 is 2.39 bits per heavy atom. The summed E-state index contributed by atoms with van der Waals surface area (Å²) < 4.78 is 6.36. The second kappa shape index (κ2) is 9.54. The molecule has 0 spiro atoms. The van der Waals surface area contributed by atoms with Crippen molar-refractivity contribution in [2.75, 3.05) is 0 Å². The lowest BCUT2D eigenvalue weighted by molar-refractivity contribution is -0.155. The van der Waals surface area contributed by atoms with Gasteiger partial charge in [-0.05, 0) is 57.7 Å². The highest BCUT2D eigenvalue weighted by Crippen LogP contribution is 2.32. The van der Waals surface area contributed by atoms with E-state index in [-0.39, 0.29) is 10.8 Å². The van der Waals surface area contributed by atoms with E-state index in [1.54, 1.807) is 0 Å². The maximum Gasteiger partial charge on any atom is 0.303 e. The van der Waals surface area contributed by atoms with Gasteiger partial charge in [0, 0.05) is 6.92 Å². The lowest BCUT2D eigenvalue weighted by atomic mass is 9.94. The Bertz CT molecular complexity index is 288. The van der Waals surface area contributed by atoms with E-state index in [0.717, 1.165) is 16.2 Å². The van der Waals surface area contributed by atoms with Crippen molar-refractivity contribution in [2.24, 2.45) is 0 Å². The number of hydrogen-bond donors (Lipinski definition) is 0. The van der Waals surface area contributed by atoms with Crippen LogP contribution < -0.4 is 0 Å². The van der Waals surface area contributed by atoms with Gasteiger partial charge < -0.3 is 4.74 Å². The van der Waals surface area contributed by atoms with Crippen LogP contribution >= 0.6 is 47.8 Å². The van der Waals surface area contributed by atoms with E-state index in [2.05, 4.69) is 54.7 Å². The molecule has 2 atom stereocenters. The molecule has 0 aliphatic rings. The maximum absolute atomic E-state index is 11.3. The van der Waals surface area contributed by atoms with E-state index >= 15 is 0 Å². The summed E-state index contributed by atoms with van der Waals surface area (Å²) in [5, 5.41) is 0. The van der Waals surface area contributed by atoms with Gasteiger partial charge in [-0.1, -0.05) is 42.1 Å². The molecule has 2 nitrogen and oxygen atoms in total. The second-order valence-electron chi connectivity index (χ2n) is 4.58. The largest absolute Gasteiger partial charge is 0.458 e. The second-order valence-corrected chi connectivity index (χ2v) is 8.33. The normalized spacial score (nSPS) is 15.7. The van der Waals surface area contributed by atoms with Crippen LogP contribution in [0.3, 0.4) is 0 Å². The molecule has 0 aliphatic carbocycles. The number of esters is 1. The highest BCUT2D eigenvalue weighted by atomic mass is 79.9. The summed E-state index contributed by atoms with van der Waals surface area (Å²) >= 11 is 10.3. The minimum absolute atomic E-state index is 0.0238. The quantitative estimate of drug-likeness (QED) is 0.271. The number of halogens is 3. The molecule has 0 aromatic heterocycles. The molecule has 106 valence electrons. The van der Waals surface area contributed by atoms with E-state index in [9.17, 15) is 4.79 Å². The van der Waals surface area contributed by atoms with Crippen LogP contribution in [0, 0.1) is 0 Å². The molecule has 18 heavy (non-hydrogen) atoms. The zero-order valence-corrected chi connectivity index (χ0v) is 15.9. The van der Waals surface area contributed by atoms with Crippen molar-refractivity contribution in [3.05, 3.63) is 9.47 Å². The Hall–Kier alpha value is 0.650. The van der Waals surface area contributed by atoms with Gasteiger partial charge in [-0.2, -0.15) is 0 Å². The Morgan fingerprint density at radius 1 is 1.33 bits per heavy atom. The van der Waals surface area contributed by atoms with Gasteiger partial charge in [0.1, 0.15) is 5.60 Å². The van der Waals surface area contributed by atoms with Crippen molar-refractivity contribution in [1.82, 2.24) is 0 Å². The number of carbonyl (C=O) groups excluding carboxylic acids is 1. The first kappa shape index (κ1) is 18.7. The molecule has 0 heterocycles. The molecule has 0 bridgehead atoms. The van der Waals surface area contributed by atoms with Gasteiger partial charge in [-0.15, -0.1) is 0 Å². The summed E-state index contributed by atoms with van der Waals surface area (Å²) in [5.74, 6) is -0.239. The fraction of sp³-hybridized carbons (Fsp3) is 0.769. The smallest absolute Gasteiger partial charge is 0.303 e. The van der Waals surface area contributed by atoms with E-state index in [4.69, 9.17) is 4.74 Å². The molecule has 0 aliphatic heterocycles. The van der Waals surface area contributed by atoms with Crippen molar-refractivity contribution < 1.29 is 9.53 Å². The maximum atomic E-state index is 11.3. The summed E-state index contributed by atoms with van der Waals surface area (Å²) in [7, 11) is 0. The molecule has 0 radical (unpaired) electrons. The molecule has 0 rings (SSSR count). The first-order chi connectivity index (χ1) is 8.31. The minimum atomic E-state index is -0.508. The number of carbonyl (C=O) groups is 1. The van der Waals surface area contributed by atoms with Crippen molar-refractivity contribution in [3.8, 4) is 0 Å². The Morgan fingerprint density at radius 2 is 1.94 bits per heavy atom. The molecule has 0 aromatic carbocycles. The van der Waals surface area contributed by atoms with E-state index in [0.29, 0.717) is 0 Å². The van der Waals surface area contributed by atoms with Crippen molar-refractivity contribution in [3.63, 3.8) is 0 Å². The van der Waals surface area contributed by atoms with Crippen molar-refractivity contribution in [2.45, 2.75) is 63.3 Å². The SMILES string of the molecule is CCCCCC[C@](C)(OC(C)=O)[C@H](Br)C=C(Br)Br. The van der Waals surface area contributed by atoms with Crippen LogP contribution in [-0.2, 0) is 9.53 Å². The van der Waals surface area contributed by atoms with Gasteiger partial charge in [0.25, 0.3) is 0 Å². The van der Waals surface area contributed by atoms with Gasteiger partial charge in [-0.25, -0.2) is 0 Å². The Balaban J connectivity index is 4.60. The fourth-order valence-corrected chi connectivity index (χ4v) is 3.59. The average Bonchev–Trinajstić information content (AvgIpc) is 2.22. The summed E-state index contributed by atoms with van der Waals surface area (Å²) in [6, 6.07) is 0. The van der Waals surface area contributed by atoms with Crippen LogP contribution in [0.1, 0.15) is 52.9 Å². The van der Waals surface area contributed by atoms with Crippen molar-refractivity contribution in [1.29, 1.82) is 0 Å². The van der Waals surface area contributed by atoms with Gasteiger partial charge in [0.2, 0.25) is 0 Å². The fourth-order valence-electron chi connectivity index (χ4n) is 1.76. The number of hydrogen-bond acceptors (Lipinski definition) is 2. The first-order valence-electron chi connectivity index (χ1n) is 6.18. The van der Waals surface area contributed by atoms with Gasteiger partial charge >= 0.3 is 5.97 Å². The molecule has 0 saturated carbocycles. The van der Waals surface area contributed by atoms with Gasteiger partial charge in [-0.3, -0.25) is 4.79 Å². The lowest BCUT2D eigenvalue weighted by Crippen LogP contribution is -2.39. The Labute approximate surface area is 135 Å². The third kappa shape index (κ3) is 7.95. The zero-order chi connectivity index (χ0) is 14.2. The highest BCUT2D eigenvalue weighted by Gasteiger charge is 2.34. The topological polar surface area (TPSA) is 26.3 Å². The molecule has 0 amide bonds. The van der Waals surface area contributed by atoms with Crippen LogP contribution in [-0.4, -0.2) is 16.4 Å². The molecule has 0 fully saturated rings. The summed E-state index contributed by atoms with van der Waals surface area (Å²) in [6.45, 7) is 5.61. The summed E-state index contributed by atoms with van der Waals surface area (Å²) in [4.78, 5) is 11.2. The molecule has 5 heteroatoms. The van der Waals surface area contributed by atoms with Crippen LogP contribution in [0.25, 0.3) is 0 Å². The third-order valence-corrected chi connectivity index (χ3v) is 4.52. The number of rotatable bonds is 8. The van der Waals surface area contributed by atoms with Gasteiger partial charge in [0.15, 0.2) is 0 Å². The molecule has 0 unspecified atom stereocenters. The number of alkyl halides is 1. The molecule has 0 N–H and O–H groups in total. The van der Waals surface area contributed by atoms with E-state index in [1.807, 2.05) is 13.0 Å². The first-order valence-corrected chi connectivity index (χ1v) is 8.68. The Kier molecular flexibility index (Phi) is 9.88. The standard InChI is InChI=1S/C13H21Br3O2/c1-4-5-6-7-8-13(3,18-10(2)17)11(14)9-12(15)16/h9,11H,4-8H2,1-3H3/t11-,13+/m1/s1. The monoisotopic (exact) mass is 446 g/mol. The average molecular weight is 449 g/mol. The van der Waals surface area contributed by atoms with Crippen molar-refractivity contribution >= 4 is 53.8 Å². The third-order valence-electron chi connectivity index (χ3n) is 2.76. The molecular formula is C13H21Br3O2. The molecule has 0 saturated heterocycles. The van der Waals surface area contributed by atoms with E-state index < -0.39 is 5.60 Å². The number of unbranched alkanes of at least 4 members (excludes halogenated alkanes) is 3.